The summed E-state index contributed by atoms with van der Waals surface area (Å²) in [6, 6.07) is 15.0. The number of benzene rings is 2. The summed E-state index contributed by atoms with van der Waals surface area (Å²) in [4.78, 5) is 15.8. The van der Waals surface area contributed by atoms with E-state index < -0.39 is 6.03 Å². The molecule has 0 radical (unpaired) electrons. The zero-order chi connectivity index (χ0) is 20.9. The summed E-state index contributed by atoms with van der Waals surface area (Å²) in [5.74, 6) is 1.58. The number of hydrogen-bond acceptors (Lipinski definition) is 4. The molecule has 1 aliphatic carbocycles. The van der Waals surface area contributed by atoms with E-state index in [0.29, 0.717) is 11.6 Å². The van der Waals surface area contributed by atoms with Crippen molar-refractivity contribution in [3.05, 3.63) is 54.2 Å². The Bertz CT molecular complexity index is 1030. The third kappa shape index (κ3) is 5.00. The topological polar surface area (TPSA) is 89.3 Å². The van der Waals surface area contributed by atoms with Gasteiger partial charge in [0.05, 0.1) is 12.1 Å². The molecule has 2 aromatic carbocycles. The molecule has 1 heterocycles. The number of primary amides is 1. The molecule has 0 unspecified atom stereocenters. The molecule has 6 heteroatoms. The molecule has 0 spiro atoms. The van der Waals surface area contributed by atoms with Crippen molar-refractivity contribution in [3.63, 3.8) is 0 Å². The lowest BCUT2D eigenvalue weighted by Crippen LogP contribution is -2.19. The summed E-state index contributed by atoms with van der Waals surface area (Å²) in [7, 11) is 0. The van der Waals surface area contributed by atoms with Crippen LogP contribution < -0.4 is 21.1 Å². The van der Waals surface area contributed by atoms with E-state index in [1.807, 2.05) is 49.4 Å². The first kappa shape index (κ1) is 20.0. The average molecular weight is 405 g/mol. The first-order valence-corrected chi connectivity index (χ1v) is 10.5. The summed E-state index contributed by atoms with van der Waals surface area (Å²) in [6.45, 7) is 2.76. The van der Waals surface area contributed by atoms with E-state index in [4.69, 9.17) is 10.5 Å². The van der Waals surface area contributed by atoms with E-state index in [1.165, 1.54) is 32.1 Å². The molecule has 2 amide bonds. The number of urea groups is 1. The summed E-state index contributed by atoms with van der Waals surface area (Å²) >= 11 is 0. The van der Waals surface area contributed by atoms with Crippen molar-refractivity contribution in [2.45, 2.75) is 39.0 Å². The minimum atomic E-state index is -0.590. The van der Waals surface area contributed by atoms with E-state index in [1.54, 1.807) is 6.07 Å². The van der Waals surface area contributed by atoms with Gasteiger partial charge in [-0.1, -0.05) is 19.3 Å². The van der Waals surface area contributed by atoms with Gasteiger partial charge in [-0.05, 0) is 74.2 Å². The van der Waals surface area contributed by atoms with E-state index in [9.17, 15) is 4.79 Å². The van der Waals surface area contributed by atoms with Gasteiger partial charge in [-0.2, -0.15) is 0 Å². The Morgan fingerprint density at radius 2 is 1.80 bits per heavy atom. The van der Waals surface area contributed by atoms with Crippen LogP contribution in [-0.2, 0) is 0 Å². The van der Waals surface area contributed by atoms with Crippen molar-refractivity contribution in [2.75, 3.05) is 17.2 Å². The van der Waals surface area contributed by atoms with Gasteiger partial charge in [-0.25, -0.2) is 4.79 Å². The Labute approximate surface area is 176 Å². The second kappa shape index (κ2) is 9.03. The molecule has 1 aromatic heterocycles. The van der Waals surface area contributed by atoms with Crippen LogP contribution in [0.1, 0.15) is 37.8 Å². The number of hydrogen-bond donors (Lipinski definition) is 3. The van der Waals surface area contributed by atoms with Gasteiger partial charge in [0.1, 0.15) is 5.75 Å². The monoisotopic (exact) mass is 404 g/mol. The predicted octanol–water partition coefficient (Wildman–Crippen LogP) is 5.74. The molecular formula is C24H28N4O2. The minimum absolute atomic E-state index is 0.590. The molecule has 1 fully saturated rings. The minimum Gasteiger partial charge on any atom is -0.493 e. The molecule has 1 aliphatic rings. The van der Waals surface area contributed by atoms with Gasteiger partial charge < -0.3 is 21.1 Å². The van der Waals surface area contributed by atoms with Crippen LogP contribution >= 0.6 is 0 Å². The van der Waals surface area contributed by atoms with Crippen molar-refractivity contribution < 1.29 is 9.53 Å². The molecular weight excluding hydrogens is 376 g/mol. The Morgan fingerprint density at radius 1 is 1.07 bits per heavy atom. The number of pyridine rings is 1. The lowest BCUT2D eigenvalue weighted by Gasteiger charge is -2.21. The average Bonchev–Trinajstić information content (AvgIpc) is 2.74. The number of ether oxygens (including phenoxy) is 1. The highest BCUT2D eigenvalue weighted by atomic mass is 16.5. The third-order valence-electron chi connectivity index (χ3n) is 5.55. The van der Waals surface area contributed by atoms with Crippen LogP contribution in [0.3, 0.4) is 0 Å². The van der Waals surface area contributed by atoms with Gasteiger partial charge in [0.25, 0.3) is 0 Å². The van der Waals surface area contributed by atoms with E-state index in [-0.39, 0.29) is 0 Å². The highest BCUT2D eigenvalue weighted by Crippen LogP contribution is 2.30. The number of carbonyl (C=O) groups excluding carboxylic acids is 1. The molecule has 0 saturated heterocycles. The number of amides is 2. The zero-order valence-electron chi connectivity index (χ0n) is 17.3. The van der Waals surface area contributed by atoms with Crippen molar-refractivity contribution in [1.82, 2.24) is 4.98 Å². The number of nitrogens with zero attached hydrogens (tertiary/aromatic N) is 1. The highest BCUT2D eigenvalue weighted by Gasteiger charge is 2.14. The molecule has 1 saturated carbocycles. The predicted molar refractivity (Wildman–Crippen MR) is 121 cm³/mol. The first-order valence-electron chi connectivity index (χ1n) is 10.5. The Hall–Kier alpha value is -3.28. The van der Waals surface area contributed by atoms with Crippen LogP contribution in [0, 0.1) is 12.8 Å². The Balaban J connectivity index is 1.49. The Morgan fingerprint density at radius 3 is 2.53 bits per heavy atom. The van der Waals surface area contributed by atoms with Crippen LogP contribution in [0.15, 0.2) is 48.5 Å². The summed E-state index contributed by atoms with van der Waals surface area (Å²) in [5.41, 5.74) is 9.52. The third-order valence-corrected chi connectivity index (χ3v) is 5.55. The molecule has 4 N–H and O–H groups in total. The fourth-order valence-electron chi connectivity index (χ4n) is 4.04. The van der Waals surface area contributed by atoms with Crippen molar-refractivity contribution in [3.8, 4) is 5.75 Å². The molecule has 0 atom stereocenters. The number of carbonyl (C=O) groups is 1. The summed E-state index contributed by atoms with van der Waals surface area (Å²) in [6.07, 6.45) is 6.57. The van der Waals surface area contributed by atoms with E-state index in [0.717, 1.165) is 40.3 Å². The number of nitrogens with one attached hydrogen (secondary N) is 2. The largest absolute Gasteiger partial charge is 0.493 e. The summed E-state index contributed by atoms with van der Waals surface area (Å²) < 4.78 is 6.00. The fourth-order valence-corrected chi connectivity index (χ4v) is 4.04. The second-order valence-corrected chi connectivity index (χ2v) is 8.00. The van der Waals surface area contributed by atoms with Gasteiger partial charge in [-0.15, -0.1) is 0 Å². The second-order valence-electron chi connectivity index (χ2n) is 8.00. The van der Waals surface area contributed by atoms with Crippen LogP contribution in [0.2, 0.25) is 0 Å². The van der Waals surface area contributed by atoms with Crippen LogP contribution in [0.25, 0.3) is 10.9 Å². The molecule has 4 rings (SSSR count). The van der Waals surface area contributed by atoms with Gasteiger partial charge in [0, 0.05) is 28.1 Å². The van der Waals surface area contributed by atoms with Crippen molar-refractivity contribution in [1.29, 1.82) is 0 Å². The molecule has 6 nitrogen and oxygen atoms in total. The van der Waals surface area contributed by atoms with Gasteiger partial charge >= 0.3 is 6.03 Å². The highest BCUT2D eigenvalue weighted by molar-refractivity contribution is 5.98. The maximum absolute atomic E-state index is 11.2. The van der Waals surface area contributed by atoms with Crippen molar-refractivity contribution in [2.24, 2.45) is 11.7 Å². The quantitative estimate of drug-likeness (QED) is 0.489. The normalized spacial score (nSPS) is 14.4. The SMILES string of the molecule is Cc1cc(Nc2ccc(OCC3CCCCC3)cc2)c2cc(NC(N)=O)ccc2n1. The number of nitrogens with two attached hydrogens (primary N) is 1. The lowest BCUT2D eigenvalue weighted by atomic mass is 9.90. The number of fused-ring (bicyclic) bond motifs is 1. The van der Waals surface area contributed by atoms with Crippen LogP contribution in [0.4, 0.5) is 21.9 Å². The summed E-state index contributed by atoms with van der Waals surface area (Å²) in [5, 5.41) is 6.99. The van der Waals surface area contributed by atoms with E-state index in [2.05, 4.69) is 15.6 Å². The molecule has 0 aliphatic heterocycles. The number of rotatable bonds is 6. The molecule has 30 heavy (non-hydrogen) atoms. The zero-order valence-corrected chi connectivity index (χ0v) is 17.3. The number of aryl methyl sites for hydroxylation is 1. The fraction of sp³-hybridized carbons (Fsp3) is 0.333. The maximum atomic E-state index is 11.2. The molecule has 156 valence electrons. The van der Waals surface area contributed by atoms with Crippen LogP contribution in [-0.4, -0.2) is 17.6 Å². The molecule has 0 bridgehead atoms. The van der Waals surface area contributed by atoms with E-state index >= 15 is 0 Å². The smallest absolute Gasteiger partial charge is 0.316 e. The number of aromatic nitrogens is 1. The number of anilines is 3. The van der Waals surface area contributed by atoms with Crippen molar-refractivity contribution >= 4 is 34.0 Å². The van der Waals surface area contributed by atoms with Gasteiger partial charge in [-0.3, -0.25) is 4.98 Å². The van der Waals surface area contributed by atoms with Gasteiger partial charge in [0.2, 0.25) is 0 Å². The Kier molecular flexibility index (Phi) is 6.02. The molecule has 3 aromatic rings. The standard InChI is InChI=1S/C24H28N4O2/c1-16-13-23(21-14-19(28-24(25)29)9-12-22(21)26-16)27-18-7-10-20(11-8-18)30-15-17-5-3-2-4-6-17/h7-14,17H,2-6,15H2,1H3,(H,26,27)(H3,25,28,29). The maximum Gasteiger partial charge on any atom is 0.316 e. The first-order chi connectivity index (χ1) is 14.6. The lowest BCUT2D eigenvalue weighted by molar-refractivity contribution is 0.209. The van der Waals surface area contributed by atoms with Gasteiger partial charge in [0.15, 0.2) is 0 Å². The van der Waals surface area contributed by atoms with Crippen LogP contribution in [0.5, 0.6) is 5.75 Å².